The first-order chi connectivity index (χ1) is 10.2. The van der Waals surface area contributed by atoms with Crippen molar-refractivity contribution in [3.63, 3.8) is 0 Å². The fourth-order valence-corrected chi connectivity index (χ4v) is 2.03. The van der Waals surface area contributed by atoms with Crippen LogP contribution in [-0.2, 0) is 6.42 Å². The molecule has 104 valence electrons. The number of nitro benzene ring substituents is 1. The van der Waals surface area contributed by atoms with Crippen LogP contribution in [0, 0.1) is 10.1 Å². The Labute approximate surface area is 120 Å². The molecular weight excluding hydrogens is 268 g/mol. The van der Waals surface area contributed by atoms with Gasteiger partial charge in [0.05, 0.1) is 22.5 Å². The average Bonchev–Trinajstić information content (AvgIpc) is 2.97. The fraction of sp³-hybridized carbons (Fsp3) is 0.0667. The molecule has 0 aliphatic carbocycles. The fourth-order valence-electron chi connectivity index (χ4n) is 2.03. The van der Waals surface area contributed by atoms with Crippen LogP contribution < -0.4 is 0 Å². The molecule has 0 radical (unpaired) electrons. The molecular formula is C15H12N4O2. The summed E-state index contributed by atoms with van der Waals surface area (Å²) in [6, 6.07) is 16.2. The molecule has 1 aromatic heterocycles. The summed E-state index contributed by atoms with van der Waals surface area (Å²) in [6.07, 6.45) is 2.45. The standard InChI is InChI=1S/C15H12N4O2/c20-19(21)15-8-6-12(7-9-15)10-13-11-18(17-16-13)14-4-2-1-3-5-14/h1-9,11H,10H2. The summed E-state index contributed by atoms with van der Waals surface area (Å²) >= 11 is 0. The SMILES string of the molecule is O=[N+]([O-])c1ccc(Cc2cn(-c3ccccc3)nn2)cc1. The van der Waals surface area contributed by atoms with Gasteiger partial charge in [-0.05, 0) is 17.7 Å². The van der Waals surface area contributed by atoms with E-state index in [1.807, 2.05) is 36.5 Å². The Balaban J connectivity index is 1.77. The van der Waals surface area contributed by atoms with E-state index < -0.39 is 4.92 Å². The molecule has 2 aromatic carbocycles. The molecule has 1 heterocycles. The summed E-state index contributed by atoms with van der Waals surface area (Å²) in [5.41, 5.74) is 2.81. The minimum Gasteiger partial charge on any atom is -0.258 e. The number of rotatable bonds is 4. The van der Waals surface area contributed by atoms with E-state index in [0.29, 0.717) is 6.42 Å². The molecule has 3 aromatic rings. The molecule has 0 N–H and O–H groups in total. The van der Waals surface area contributed by atoms with Crippen LogP contribution in [0.3, 0.4) is 0 Å². The van der Waals surface area contributed by atoms with Gasteiger partial charge in [0, 0.05) is 18.6 Å². The summed E-state index contributed by atoms with van der Waals surface area (Å²) in [6.45, 7) is 0. The van der Waals surface area contributed by atoms with E-state index in [0.717, 1.165) is 16.9 Å². The molecule has 0 bridgehead atoms. The molecule has 6 heteroatoms. The Morgan fingerprint density at radius 1 is 1.05 bits per heavy atom. The molecule has 0 spiro atoms. The van der Waals surface area contributed by atoms with Crippen LogP contribution in [0.15, 0.2) is 60.8 Å². The van der Waals surface area contributed by atoms with Crippen molar-refractivity contribution < 1.29 is 4.92 Å². The molecule has 0 unspecified atom stereocenters. The van der Waals surface area contributed by atoms with E-state index in [9.17, 15) is 10.1 Å². The van der Waals surface area contributed by atoms with Crippen LogP contribution in [-0.4, -0.2) is 19.9 Å². The second-order valence-electron chi connectivity index (χ2n) is 4.59. The van der Waals surface area contributed by atoms with Gasteiger partial charge in [-0.1, -0.05) is 35.5 Å². The predicted molar refractivity (Wildman–Crippen MR) is 77.3 cm³/mol. The number of benzene rings is 2. The molecule has 0 atom stereocenters. The summed E-state index contributed by atoms with van der Waals surface area (Å²) in [7, 11) is 0. The van der Waals surface area contributed by atoms with Crippen LogP contribution in [0.1, 0.15) is 11.3 Å². The Morgan fingerprint density at radius 3 is 2.43 bits per heavy atom. The Hall–Kier alpha value is -3.02. The van der Waals surface area contributed by atoms with Crippen molar-refractivity contribution in [3.05, 3.63) is 82.2 Å². The number of nitro groups is 1. The van der Waals surface area contributed by atoms with Crippen LogP contribution >= 0.6 is 0 Å². The van der Waals surface area contributed by atoms with Gasteiger partial charge in [-0.2, -0.15) is 0 Å². The topological polar surface area (TPSA) is 73.8 Å². The van der Waals surface area contributed by atoms with Gasteiger partial charge in [0.2, 0.25) is 0 Å². The number of non-ortho nitro benzene ring substituents is 1. The summed E-state index contributed by atoms with van der Waals surface area (Å²) in [5.74, 6) is 0. The first kappa shape index (κ1) is 13.0. The molecule has 0 amide bonds. The van der Waals surface area contributed by atoms with Crippen molar-refractivity contribution in [1.82, 2.24) is 15.0 Å². The maximum Gasteiger partial charge on any atom is 0.269 e. The van der Waals surface area contributed by atoms with E-state index >= 15 is 0 Å². The highest BCUT2D eigenvalue weighted by Gasteiger charge is 2.07. The lowest BCUT2D eigenvalue weighted by atomic mass is 10.1. The lowest BCUT2D eigenvalue weighted by Gasteiger charge is -1.98. The minimum absolute atomic E-state index is 0.0895. The highest BCUT2D eigenvalue weighted by Crippen LogP contribution is 2.14. The van der Waals surface area contributed by atoms with Crippen molar-refractivity contribution in [2.45, 2.75) is 6.42 Å². The van der Waals surface area contributed by atoms with Crippen LogP contribution in [0.2, 0.25) is 0 Å². The van der Waals surface area contributed by atoms with Gasteiger partial charge in [0.25, 0.3) is 5.69 Å². The molecule has 0 saturated heterocycles. The van der Waals surface area contributed by atoms with E-state index in [1.165, 1.54) is 12.1 Å². The number of hydrogen-bond donors (Lipinski definition) is 0. The molecule has 0 saturated carbocycles. The van der Waals surface area contributed by atoms with Crippen molar-refractivity contribution in [1.29, 1.82) is 0 Å². The Bertz CT molecular complexity index is 751. The number of para-hydroxylation sites is 1. The highest BCUT2D eigenvalue weighted by atomic mass is 16.6. The smallest absolute Gasteiger partial charge is 0.258 e. The second kappa shape index (κ2) is 5.54. The molecule has 3 rings (SSSR count). The van der Waals surface area contributed by atoms with Crippen molar-refractivity contribution in [2.24, 2.45) is 0 Å². The Kier molecular flexibility index (Phi) is 3.42. The van der Waals surface area contributed by atoms with Gasteiger partial charge in [-0.25, -0.2) is 4.68 Å². The lowest BCUT2D eigenvalue weighted by molar-refractivity contribution is -0.384. The zero-order valence-electron chi connectivity index (χ0n) is 11.1. The van der Waals surface area contributed by atoms with Gasteiger partial charge < -0.3 is 0 Å². The van der Waals surface area contributed by atoms with Crippen LogP contribution in [0.25, 0.3) is 5.69 Å². The quantitative estimate of drug-likeness (QED) is 0.544. The molecule has 0 fully saturated rings. The normalized spacial score (nSPS) is 10.5. The lowest BCUT2D eigenvalue weighted by Crippen LogP contribution is -1.93. The molecule has 21 heavy (non-hydrogen) atoms. The van der Waals surface area contributed by atoms with Crippen LogP contribution in [0.4, 0.5) is 5.69 Å². The van der Waals surface area contributed by atoms with Gasteiger partial charge in [0.15, 0.2) is 0 Å². The number of aromatic nitrogens is 3. The van der Waals surface area contributed by atoms with E-state index in [-0.39, 0.29) is 5.69 Å². The van der Waals surface area contributed by atoms with Gasteiger partial charge in [0.1, 0.15) is 0 Å². The third-order valence-electron chi connectivity index (χ3n) is 3.09. The summed E-state index contributed by atoms with van der Waals surface area (Å²) in [4.78, 5) is 10.2. The molecule has 0 aliphatic heterocycles. The first-order valence-electron chi connectivity index (χ1n) is 6.42. The zero-order valence-corrected chi connectivity index (χ0v) is 11.1. The highest BCUT2D eigenvalue weighted by molar-refractivity contribution is 5.35. The van der Waals surface area contributed by atoms with E-state index in [4.69, 9.17) is 0 Å². The number of hydrogen-bond acceptors (Lipinski definition) is 4. The predicted octanol–water partition coefficient (Wildman–Crippen LogP) is 2.77. The largest absolute Gasteiger partial charge is 0.269 e. The van der Waals surface area contributed by atoms with E-state index in [1.54, 1.807) is 16.8 Å². The zero-order chi connectivity index (χ0) is 14.7. The monoisotopic (exact) mass is 280 g/mol. The second-order valence-corrected chi connectivity index (χ2v) is 4.59. The van der Waals surface area contributed by atoms with Gasteiger partial charge in [-0.15, -0.1) is 5.10 Å². The maximum absolute atomic E-state index is 10.6. The van der Waals surface area contributed by atoms with Crippen molar-refractivity contribution in [2.75, 3.05) is 0 Å². The summed E-state index contributed by atoms with van der Waals surface area (Å²) in [5, 5.41) is 18.8. The van der Waals surface area contributed by atoms with Gasteiger partial charge >= 0.3 is 0 Å². The average molecular weight is 280 g/mol. The number of nitrogens with zero attached hydrogens (tertiary/aromatic N) is 4. The van der Waals surface area contributed by atoms with E-state index in [2.05, 4.69) is 10.3 Å². The van der Waals surface area contributed by atoms with Crippen LogP contribution in [0.5, 0.6) is 0 Å². The van der Waals surface area contributed by atoms with Crippen molar-refractivity contribution in [3.8, 4) is 5.69 Å². The van der Waals surface area contributed by atoms with Crippen molar-refractivity contribution >= 4 is 5.69 Å². The minimum atomic E-state index is -0.407. The third-order valence-corrected chi connectivity index (χ3v) is 3.09. The Morgan fingerprint density at radius 2 is 1.76 bits per heavy atom. The van der Waals surface area contributed by atoms with Gasteiger partial charge in [-0.3, -0.25) is 10.1 Å². The maximum atomic E-state index is 10.6. The summed E-state index contributed by atoms with van der Waals surface area (Å²) < 4.78 is 1.71. The first-order valence-corrected chi connectivity index (χ1v) is 6.42. The third kappa shape index (κ3) is 2.94. The molecule has 0 aliphatic rings. The molecule has 6 nitrogen and oxygen atoms in total.